The molecule has 20 heavy (non-hydrogen) atoms. The lowest BCUT2D eigenvalue weighted by Crippen LogP contribution is -2.10. The predicted octanol–water partition coefficient (Wildman–Crippen LogP) is 6.32. The van der Waals surface area contributed by atoms with Crippen LogP contribution in [-0.4, -0.2) is 0 Å². The average molecular weight is 322 g/mol. The van der Waals surface area contributed by atoms with E-state index in [0.29, 0.717) is 9.58 Å². The van der Waals surface area contributed by atoms with Crippen LogP contribution in [0.3, 0.4) is 0 Å². The summed E-state index contributed by atoms with van der Waals surface area (Å²) in [6, 6.07) is 7.35. The number of fused-ring (bicyclic) bond motifs is 1. The fourth-order valence-corrected chi connectivity index (χ4v) is 4.89. The molecule has 2 aromatic rings. The Bertz CT molecular complexity index is 611. The van der Waals surface area contributed by atoms with Crippen LogP contribution in [0, 0.1) is 0 Å². The molecule has 1 aromatic carbocycles. The molecule has 0 nitrogen and oxygen atoms in total. The van der Waals surface area contributed by atoms with E-state index in [1.807, 2.05) is 19.1 Å². The number of aryl methyl sites for hydroxylation is 1. The summed E-state index contributed by atoms with van der Waals surface area (Å²) in [7, 11) is -1.69. The second-order valence-electron chi connectivity index (χ2n) is 5.15. The average Bonchev–Trinajstić information content (AvgIpc) is 2.63. The second-order valence-corrected chi connectivity index (χ2v) is 7.14. The molecule has 0 saturated heterocycles. The molecule has 0 spiro atoms. The minimum absolute atomic E-state index is 0. The summed E-state index contributed by atoms with van der Waals surface area (Å²) in [5.41, 5.74) is -3.15. The van der Waals surface area contributed by atoms with Crippen LogP contribution in [0.2, 0.25) is 0 Å². The summed E-state index contributed by atoms with van der Waals surface area (Å²) in [5, 5.41) is 0.778. The van der Waals surface area contributed by atoms with Crippen LogP contribution in [0.25, 0.3) is 10.1 Å². The van der Waals surface area contributed by atoms with Crippen LogP contribution in [-0.2, 0) is 11.9 Å². The fourth-order valence-electron chi connectivity index (χ4n) is 2.67. The topological polar surface area (TPSA) is 0 Å². The Morgan fingerprint density at radius 2 is 1.90 bits per heavy atom. The molecule has 0 bridgehead atoms. The highest BCUT2D eigenvalue weighted by Gasteiger charge is 2.50. The maximum Gasteiger partial charge on any atom is 0.600 e. The summed E-state index contributed by atoms with van der Waals surface area (Å²) in [6.07, 6.45) is 3.68. The van der Waals surface area contributed by atoms with Gasteiger partial charge in [-0.3, -0.25) is 0 Å². The Kier molecular flexibility index (Phi) is 4.35. The molecule has 0 aliphatic heterocycles. The summed E-state index contributed by atoms with van der Waals surface area (Å²) in [6.45, 7) is 1.97. The largest absolute Gasteiger partial charge is 0.600 e. The van der Waals surface area contributed by atoms with E-state index < -0.39 is 16.0 Å². The van der Waals surface area contributed by atoms with Gasteiger partial charge in [0.2, 0.25) is 0 Å². The third-order valence-electron chi connectivity index (χ3n) is 3.98. The van der Waals surface area contributed by atoms with Gasteiger partial charge in [0.05, 0.1) is 10.5 Å². The highest BCUT2D eigenvalue weighted by Crippen LogP contribution is 2.56. The summed E-state index contributed by atoms with van der Waals surface area (Å²) in [4.78, 5) is 0.627. The minimum Gasteiger partial charge on any atom is -0.147 e. The van der Waals surface area contributed by atoms with Gasteiger partial charge < -0.3 is 0 Å². The van der Waals surface area contributed by atoms with Crippen molar-refractivity contribution in [3.63, 3.8) is 0 Å². The Morgan fingerprint density at radius 3 is 2.40 bits per heavy atom. The lowest BCUT2D eigenvalue weighted by atomic mass is 9.84. The van der Waals surface area contributed by atoms with Gasteiger partial charge in [-0.25, -0.2) is 0 Å². The first-order valence-corrected chi connectivity index (χ1v) is 7.89. The van der Waals surface area contributed by atoms with E-state index in [-0.39, 0.29) is 18.3 Å². The molecule has 0 N–H and O–H groups in total. The fraction of sp³-hybridized carbons (Fsp3) is 0.467. The quantitative estimate of drug-likeness (QED) is 0.568. The lowest BCUT2D eigenvalue weighted by molar-refractivity contribution is -0.0868. The lowest BCUT2D eigenvalue weighted by Gasteiger charge is -2.21. The van der Waals surface area contributed by atoms with Gasteiger partial charge in [0.15, 0.2) is 9.58 Å². The molecule has 1 aliphatic carbocycles. The van der Waals surface area contributed by atoms with Crippen molar-refractivity contribution < 1.29 is 13.2 Å². The Hall–Kier alpha value is -0.740. The normalized spacial score (nSPS) is 16.9. The van der Waals surface area contributed by atoms with Gasteiger partial charge in [-0.15, -0.1) is 25.6 Å². The molecular formula is C15H17ClF3S+. The van der Waals surface area contributed by atoms with Gasteiger partial charge >= 0.3 is 5.51 Å². The Morgan fingerprint density at radius 1 is 1.20 bits per heavy atom. The van der Waals surface area contributed by atoms with E-state index >= 15 is 0 Å². The van der Waals surface area contributed by atoms with Gasteiger partial charge in [0, 0.05) is 23.4 Å². The van der Waals surface area contributed by atoms with Gasteiger partial charge in [-0.2, -0.15) is 0 Å². The molecular weight excluding hydrogens is 305 g/mol. The summed E-state index contributed by atoms with van der Waals surface area (Å²) >= 11 is 0. The monoisotopic (exact) mass is 321 g/mol. The van der Waals surface area contributed by atoms with Crippen LogP contribution >= 0.6 is 22.9 Å². The Labute approximate surface area is 125 Å². The molecule has 1 aliphatic rings. The molecule has 5 heteroatoms. The van der Waals surface area contributed by atoms with Crippen LogP contribution in [0.15, 0.2) is 24.3 Å². The molecule has 3 rings (SSSR count). The van der Waals surface area contributed by atoms with Gasteiger partial charge in [0.1, 0.15) is 0 Å². The molecule has 1 saturated carbocycles. The van der Waals surface area contributed by atoms with Gasteiger partial charge in [-0.05, 0) is 30.9 Å². The third-order valence-corrected chi connectivity index (χ3v) is 6.16. The number of benzene rings is 1. The van der Waals surface area contributed by atoms with Crippen molar-refractivity contribution in [2.24, 2.45) is 0 Å². The zero-order chi connectivity index (χ0) is 13.6. The molecule has 1 atom stereocenters. The van der Waals surface area contributed by atoms with Crippen LogP contribution in [0.4, 0.5) is 13.2 Å². The second kappa shape index (κ2) is 5.57. The maximum absolute atomic E-state index is 13.4. The van der Waals surface area contributed by atoms with Crippen LogP contribution in [0.5, 0.6) is 0 Å². The number of hydrogen-bond acceptors (Lipinski definition) is 0. The summed E-state index contributed by atoms with van der Waals surface area (Å²) < 4.78 is 40.7. The van der Waals surface area contributed by atoms with E-state index in [1.165, 1.54) is 0 Å². The maximum atomic E-state index is 13.4. The highest BCUT2D eigenvalue weighted by atomic mass is 35.5. The van der Waals surface area contributed by atoms with E-state index in [9.17, 15) is 13.2 Å². The molecule has 1 heterocycles. The molecule has 110 valence electrons. The van der Waals surface area contributed by atoms with Crippen molar-refractivity contribution in [2.75, 3.05) is 0 Å². The molecule has 1 aromatic heterocycles. The van der Waals surface area contributed by atoms with E-state index in [0.717, 1.165) is 36.6 Å². The summed E-state index contributed by atoms with van der Waals surface area (Å²) in [5.74, 6) is 0.155. The van der Waals surface area contributed by atoms with E-state index in [2.05, 4.69) is 0 Å². The van der Waals surface area contributed by atoms with Crippen molar-refractivity contribution in [2.45, 2.75) is 44.0 Å². The van der Waals surface area contributed by atoms with Crippen molar-refractivity contribution in [3.8, 4) is 0 Å². The smallest absolute Gasteiger partial charge is 0.147 e. The van der Waals surface area contributed by atoms with Crippen molar-refractivity contribution in [1.82, 2.24) is 0 Å². The molecule has 1 fully saturated rings. The molecule has 0 amide bonds. The zero-order valence-electron chi connectivity index (χ0n) is 11.2. The predicted molar refractivity (Wildman–Crippen MR) is 80.9 cm³/mol. The minimum atomic E-state index is -4.14. The SMILES string of the molecule is CCc1ccc2cc(C3CCC3)[s+](C(F)(F)F)c2c1.Cl. The van der Waals surface area contributed by atoms with Crippen molar-refractivity contribution >= 4 is 33.0 Å². The van der Waals surface area contributed by atoms with Crippen molar-refractivity contribution in [3.05, 3.63) is 34.7 Å². The molecule has 0 radical (unpaired) electrons. The number of rotatable bonds is 2. The van der Waals surface area contributed by atoms with Crippen molar-refractivity contribution in [1.29, 1.82) is 0 Å². The third kappa shape index (κ3) is 2.56. The number of halogens is 4. The molecule has 1 unspecified atom stereocenters. The van der Waals surface area contributed by atoms with Crippen LogP contribution in [0.1, 0.15) is 42.5 Å². The van der Waals surface area contributed by atoms with Gasteiger partial charge in [0.25, 0.3) is 0 Å². The first-order chi connectivity index (χ1) is 9.00. The zero-order valence-corrected chi connectivity index (χ0v) is 12.8. The van der Waals surface area contributed by atoms with E-state index in [4.69, 9.17) is 0 Å². The number of thiophene rings is 1. The standard InChI is InChI=1S/C15H16F3S.ClH/c1-2-10-6-7-12-9-14(11-4-3-5-11)19(13(12)8-10)15(16,17)18;/h6-9,11H,2-5H2,1H3;1H/q+1;. The first-order valence-electron chi connectivity index (χ1n) is 6.66. The number of alkyl halides is 3. The Balaban J connectivity index is 0.00000147. The van der Waals surface area contributed by atoms with Gasteiger partial charge in [-0.1, -0.05) is 19.4 Å². The first kappa shape index (κ1) is 15.6. The van der Waals surface area contributed by atoms with E-state index in [1.54, 1.807) is 12.1 Å². The highest BCUT2D eigenvalue weighted by molar-refractivity contribution is 7.38. The number of hydrogen-bond donors (Lipinski definition) is 0. The van der Waals surface area contributed by atoms with Crippen LogP contribution < -0.4 is 0 Å².